The lowest BCUT2D eigenvalue weighted by molar-refractivity contribution is -0.146. The average Bonchev–Trinajstić information content (AvgIpc) is 3.31. The van der Waals surface area contributed by atoms with Gasteiger partial charge >= 0.3 is 0 Å². The van der Waals surface area contributed by atoms with E-state index in [1.165, 1.54) is 22.2 Å². The van der Waals surface area contributed by atoms with Crippen LogP contribution in [0, 0.1) is 5.92 Å². The number of aromatic nitrogens is 1. The van der Waals surface area contributed by atoms with Crippen molar-refractivity contribution in [3.8, 4) is 16.9 Å². The van der Waals surface area contributed by atoms with Crippen LogP contribution in [-0.2, 0) is 16.1 Å². The minimum Gasteiger partial charge on any atom is -0.497 e. The summed E-state index contributed by atoms with van der Waals surface area (Å²) in [5.41, 5.74) is 6.03. The number of amides is 1. The Hall–Kier alpha value is -2.83. The minimum atomic E-state index is -0.0676. The number of methoxy groups -OCH3 is 1. The number of nitrogens with one attached hydrogen (secondary N) is 1. The normalized spacial score (nSPS) is 27.8. The molecule has 160 valence electrons. The molecule has 0 radical (unpaired) electrons. The van der Waals surface area contributed by atoms with Crippen molar-refractivity contribution in [2.75, 3.05) is 20.7 Å². The number of hydrogen-bond acceptors (Lipinski definition) is 4. The number of carbonyl (C=O) groups is 1. The van der Waals surface area contributed by atoms with E-state index >= 15 is 0 Å². The van der Waals surface area contributed by atoms with Crippen LogP contribution < -0.4 is 4.74 Å². The van der Waals surface area contributed by atoms with E-state index < -0.39 is 0 Å². The molecule has 0 unspecified atom stereocenters. The molecule has 0 bridgehead atoms. The maximum atomic E-state index is 13.4. The first-order valence-electron chi connectivity index (χ1n) is 11.0. The number of hydrogen-bond donors (Lipinski definition) is 1. The lowest BCUT2D eigenvalue weighted by Crippen LogP contribution is -2.54. The lowest BCUT2D eigenvalue weighted by atomic mass is 9.80. The maximum absolute atomic E-state index is 13.4. The molecule has 6 heteroatoms. The van der Waals surface area contributed by atoms with Gasteiger partial charge in [-0.3, -0.25) is 9.63 Å². The third-order valence-electron chi connectivity index (χ3n) is 7.44. The number of carbonyl (C=O) groups excluding carboxylic acids is 1. The van der Waals surface area contributed by atoms with E-state index in [0.717, 1.165) is 36.2 Å². The molecular weight excluding hydrogens is 390 g/mol. The van der Waals surface area contributed by atoms with Crippen molar-refractivity contribution in [3.05, 3.63) is 53.7 Å². The van der Waals surface area contributed by atoms with Gasteiger partial charge in [0.1, 0.15) is 5.75 Å². The summed E-state index contributed by atoms with van der Waals surface area (Å²) < 4.78 is 5.32. The van der Waals surface area contributed by atoms with Crippen LogP contribution in [0.2, 0.25) is 0 Å². The van der Waals surface area contributed by atoms with Crippen LogP contribution in [0.3, 0.4) is 0 Å². The largest absolute Gasteiger partial charge is 0.497 e. The quantitative estimate of drug-likeness (QED) is 0.687. The van der Waals surface area contributed by atoms with Gasteiger partial charge in [-0.05, 0) is 43.0 Å². The van der Waals surface area contributed by atoms with Gasteiger partial charge in [-0.25, -0.2) is 0 Å². The summed E-state index contributed by atoms with van der Waals surface area (Å²) in [5, 5.41) is 3.17. The Balaban J connectivity index is 1.45. The van der Waals surface area contributed by atoms with Gasteiger partial charge < -0.3 is 14.6 Å². The van der Waals surface area contributed by atoms with Crippen LogP contribution in [-0.4, -0.2) is 53.7 Å². The van der Waals surface area contributed by atoms with Gasteiger partial charge in [0.2, 0.25) is 5.91 Å². The Morgan fingerprint density at radius 1 is 1.16 bits per heavy atom. The monoisotopic (exact) mass is 417 g/mol. The second-order valence-corrected chi connectivity index (χ2v) is 8.96. The van der Waals surface area contributed by atoms with Crippen molar-refractivity contribution in [1.82, 2.24) is 14.9 Å². The predicted octanol–water partition coefficient (Wildman–Crippen LogP) is 3.92. The summed E-state index contributed by atoms with van der Waals surface area (Å²) in [7, 11) is 3.64. The molecule has 1 amide bonds. The van der Waals surface area contributed by atoms with E-state index in [4.69, 9.17) is 9.57 Å². The topological polar surface area (TPSA) is 57.8 Å². The van der Waals surface area contributed by atoms with Crippen molar-refractivity contribution in [2.45, 2.75) is 38.0 Å². The molecule has 1 N–H and O–H groups in total. The first kappa shape index (κ1) is 18.9. The van der Waals surface area contributed by atoms with E-state index in [1.807, 2.05) is 31.2 Å². The molecular formula is C25H27N3O3. The molecule has 3 aromatic rings. The summed E-state index contributed by atoms with van der Waals surface area (Å²) in [6.45, 7) is 2.79. The van der Waals surface area contributed by atoms with Gasteiger partial charge in [0.15, 0.2) is 0 Å². The molecule has 2 aromatic carbocycles. The highest BCUT2D eigenvalue weighted by Crippen LogP contribution is 2.46. The molecule has 2 saturated heterocycles. The number of rotatable bonds is 2. The van der Waals surface area contributed by atoms with Crippen LogP contribution in [0.1, 0.15) is 30.6 Å². The van der Waals surface area contributed by atoms with Gasteiger partial charge in [-0.1, -0.05) is 30.3 Å². The standard InChI is InChI=1S/C25H27N3O3/c1-14-22-20(27(2)31-14)13-21-24-19(11-12-28(21)25(22)29)18-6-4-5-17(23(18)26-24)15-7-9-16(30-3)10-8-15/h4-10,14,20-22,26H,11-13H2,1-3H3/t14-,20-,21-,22-/m0/s1. The van der Waals surface area contributed by atoms with E-state index in [-0.39, 0.29) is 30.0 Å². The fourth-order valence-electron chi connectivity index (χ4n) is 5.94. The first-order chi connectivity index (χ1) is 15.1. The van der Waals surface area contributed by atoms with Crippen molar-refractivity contribution < 1.29 is 14.4 Å². The number of nitrogens with zero attached hydrogens (tertiary/aromatic N) is 2. The lowest BCUT2D eigenvalue weighted by Gasteiger charge is -2.44. The molecule has 6 nitrogen and oxygen atoms in total. The van der Waals surface area contributed by atoms with Crippen LogP contribution >= 0.6 is 0 Å². The van der Waals surface area contributed by atoms with Crippen LogP contribution in [0.25, 0.3) is 22.0 Å². The molecule has 3 aliphatic heterocycles. The zero-order chi connectivity index (χ0) is 21.3. The number of hydroxylamine groups is 2. The predicted molar refractivity (Wildman–Crippen MR) is 119 cm³/mol. The zero-order valence-corrected chi connectivity index (χ0v) is 18.1. The van der Waals surface area contributed by atoms with Gasteiger partial charge in [0.25, 0.3) is 0 Å². The number of fused-ring (bicyclic) bond motifs is 6. The molecule has 1 aromatic heterocycles. The van der Waals surface area contributed by atoms with E-state index in [2.05, 4.69) is 40.2 Å². The number of para-hydroxylation sites is 1. The van der Waals surface area contributed by atoms with E-state index in [9.17, 15) is 4.79 Å². The number of ether oxygens (including phenoxy) is 1. The van der Waals surface area contributed by atoms with Gasteiger partial charge in [-0.2, -0.15) is 5.06 Å². The van der Waals surface area contributed by atoms with E-state index in [1.54, 1.807) is 7.11 Å². The molecule has 2 fully saturated rings. The van der Waals surface area contributed by atoms with Gasteiger partial charge in [0, 0.05) is 30.2 Å². The Bertz CT molecular complexity index is 1170. The number of piperidine rings is 1. The second kappa shape index (κ2) is 6.84. The zero-order valence-electron chi connectivity index (χ0n) is 18.1. The summed E-state index contributed by atoms with van der Waals surface area (Å²) in [4.78, 5) is 25.1. The van der Waals surface area contributed by atoms with Gasteiger partial charge in [0.05, 0.1) is 36.7 Å². The SMILES string of the molecule is COc1ccc(-c2cccc3c4c([nH]c23)[C@@H]2C[C@H]3[C@@H](C(=O)N2CC4)[C@H](C)ON3C)cc1. The molecule has 0 aliphatic carbocycles. The molecule has 0 spiro atoms. The second-order valence-electron chi connectivity index (χ2n) is 8.96. The van der Waals surface area contributed by atoms with Gasteiger partial charge in [-0.15, -0.1) is 0 Å². The highest BCUT2D eigenvalue weighted by molar-refractivity contribution is 5.97. The Morgan fingerprint density at radius 3 is 2.74 bits per heavy atom. The van der Waals surface area contributed by atoms with Crippen LogP contribution in [0.15, 0.2) is 42.5 Å². The third kappa shape index (κ3) is 2.68. The summed E-state index contributed by atoms with van der Waals surface area (Å²) >= 11 is 0. The first-order valence-corrected chi connectivity index (χ1v) is 11.0. The molecule has 4 atom stereocenters. The van der Waals surface area contributed by atoms with Crippen LogP contribution in [0.5, 0.6) is 5.75 Å². The fraction of sp³-hybridized carbons (Fsp3) is 0.400. The van der Waals surface area contributed by atoms with Crippen molar-refractivity contribution in [2.24, 2.45) is 5.92 Å². The van der Waals surface area contributed by atoms with Crippen molar-refractivity contribution >= 4 is 16.8 Å². The number of aromatic amines is 1. The average molecular weight is 418 g/mol. The Kier molecular flexibility index (Phi) is 4.17. The summed E-state index contributed by atoms with van der Waals surface area (Å²) in [6, 6.07) is 14.9. The van der Waals surface area contributed by atoms with Crippen molar-refractivity contribution in [3.63, 3.8) is 0 Å². The van der Waals surface area contributed by atoms with E-state index in [0.29, 0.717) is 0 Å². The molecule has 3 aliphatic rings. The smallest absolute Gasteiger partial charge is 0.230 e. The van der Waals surface area contributed by atoms with Crippen molar-refractivity contribution in [1.29, 1.82) is 0 Å². The number of H-pyrrole nitrogens is 1. The third-order valence-corrected chi connectivity index (χ3v) is 7.44. The summed E-state index contributed by atoms with van der Waals surface area (Å²) in [5.74, 6) is 1.02. The number of benzene rings is 2. The van der Waals surface area contributed by atoms with Crippen LogP contribution in [0.4, 0.5) is 0 Å². The molecule has 0 saturated carbocycles. The minimum absolute atomic E-state index is 0.0609. The Labute approximate surface area is 181 Å². The summed E-state index contributed by atoms with van der Waals surface area (Å²) in [6.07, 6.45) is 1.72. The molecule has 31 heavy (non-hydrogen) atoms. The Morgan fingerprint density at radius 2 is 1.97 bits per heavy atom. The molecule has 6 rings (SSSR count). The highest BCUT2D eigenvalue weighted by Gasteiger charge is 2.53. The highest BCUT2D eigenvalue weighted by atomic mass is 16.7. The molecule has 4 heterocycles. The fourth-order valence-corrected chi connectivity index (χ4v) is 5.94. The maximum Gasteiger partial charge on any atom is 0.230 e.